The van der Waals surface area contributed by atoms with Gasteiger partial charge in [0.25, 0.3) is 0 Å². The van der Waals surface area contributed by atoms with Crippen LogP contribution in [0.25, 0.3) is 0 Å². The molecule has 0 bridgehead atoms. The van der Waals surface area contributed by atoms with Gasteiger partial charge in [0.15, 0.2) is 0 Å². The molecular weight excluding hydrogens is 336 g/mol. The van der Waals surface area contributed by atoms with Crippen molar-refractivity contribution >= 4 is 18.3 Å². The number of rotatable bonds is 7. The minimum absolute atomic E-state index is 0. The maximum atomic E-state index is 12.9. The highest BCUT2D eigenvalue weighted by Gasteiger charge is 2.38. The Kier molecular flexibility index (Phi) is 8.74. The van der Waals surface area contributed by atoms with Gasteiger partial charge in [-0.3, -0.25) is 4.79 Å². The van der Waals surface area contributed by atoms with Crippen LogP contribution in [0.5, 0.6) is 5.75 Å². The number of nitrogens with zero attached hydrogens (tertiary/aromatic N) is 1. The third-order valence-corrected chi connectivity index (χ3v) is 5.80. The molecule has 1 amide bonds. The third kappa shape index (κ3) is 4.89. The summed E-state index contributed by atoms with van der Waals surface area (Å²) >= 11 is 0. The molecule has 5 heteroatoms. The number of benzene rings is 1. The Balaban J connectivity index is 0.00000312. The van der Waals surface area contributed by atoms with Crippen molar-refractivity contribution < 1.29 is 9.53 Å². The van der Waals surface area contributed by atoms with Crippen molar-refractivity contribution in [3.05, 3.63) is 29.8 Å². The predicted molar refractivity (Wildman–Crippen MR) is 105 cm³/mol. The molecule has 0 aromatic heterocycles. The Morgan fingerprint density at radius 1 is 1.24 bits per heavy atom. The summed E-state index contributed by atoms with van der Waals surface area (Å²) in [4.78, 5) is 14.9. The fraction of sp³-hybridized carbons (Fsp3) is 0.650. The van der Waals surface area contributed by atoms with Crippen LogP contribution < -0.4 is 10.5 Å². The molecule has 1 fully saturated rings. The molecule has 142 valence electrons. The smallest absolute Gasteiger partial charge is 0.230 e. The molecule has 0 radical (unpaired) electrons. The van der Waals surface area contributed by atoms with Gasteiger partial charge in [0.1, 0.15) is 5.75 Å². The van der Waals surface area contributed by atoms with Gasteiger partial charge in [-0.1, -0.05) is 32.0 Å². The molecule has 1 aliphatic rings. The Morgan fingerprint density at radius 2 is 1.84 bits per heavy atom. The number of piperidine rings is 1. The molecule has 2 N–H and O–H groups in total. The quantitative estimate of drug-likeness (QED) is 0.798. The first-order chi connectivity index (χ1) is 11.6. The minimum Gasteiger partial charge on any atom is -0.496 e. The van der Waals surface area contributed by atoms with Crippen molar-refractivity contribution in [2.45, 2.75) is 46.0 Å². The fourth-order valence-electron chi connectivity index (χ4n) is 3.79. The monoisotopic (exact) mass is 368 g/mol. The van der Waals surface area contributed by atoms with Crippen molar-refractivity contribution in [1.82, 2.24) is 4.90 Å². The Morgan fingerprint density at radius 3 is 2.36 bits per heavy atom. The molecule has 1 heterocycles. The zero-order valence-corrected chi connectivity index (χ0v) is 16.6. The van der Waals surface area contributed by atoms with Gasteiger partial charge in [-0.2, -0.15) is 0 Å². The van der Waals surface area contributed by atoms with E-state index >= 15 is 0 Å². The molecule has 1 saturated heterocycles. The number of likely N-dealkylation sites (tertiary alicyclic amines) is 1. The summed E-state index contributed by atoms with van der Waals surface area (Å²) < 4.78 is 5.46. The summed E-state index contributed by atoms with van der Waals surface area (Å²) in [6.07, 6.45) is 4.77. The number of carbonyl (C=O) groups excluding carboxylic acids is 1. The standard InChI is InChI=1S/C20H32N2O2.ClH/c1-4-20(5-2,15-21)19(23)22-12-10-16(11-13-22)14-17-8-6-7-9-18(17)24-3;/h6-9,16H,4-5,10-15,21H2,1-3H3;1H. The summed E-state index contributed by atoms with van der Waals surface area (Å²) in [5.41, 5.74) is 6.84. The largest absolute Gasteiger partial charge is 0.496 e. The lowest BCUT2D eigenvalue weighted by Gasteiger charge is -2.39. The average molecular weight is 369 g/mol. The number of hydrogen-bond acceptors (Lipinski definition) is 3. The first kappa shape index (κ1) is 21.8. The van der Waals surface area contributed by atoms with Crippen LogP contribution in [-0.4, -0.2) is 37.6 Å². The Bertz CT molecular complexity index is 530. The Hall–Kier alpha value is -1.26. The molecule has 0 unspecified atom stereocenters. The Labute approximate surface area is 158 Å². The van der Waals surface area contributed by atoms with Gasteiger partial charge in [0, 0.05) is 19.6 Å². The van der Waals surface area contributed by atoms with E-state index in [0.29, 0.717) is 12.5 Å². The number of halogens is 1. The molecule has 25 heavy (non-hydrogen) atoms. The lowest BCUT2D eigenvalue weighted by molar-refractivity contribution is -0.143. The number of para-hydroxylation sites is 1. The van der Waals surface area contributed by atoms with Gasteiger partial charge < -0.3 is 15.4 Å². The van der Waals surface area contributed by atoms with E-state index in [9.17, 15) is 4.79 Å². The second kappa shape index (κ2) is 10.0. The SMILES string of the molecule is CCC(CC)(CN)C(=O)N1CCC(Cc2ccccc2OC)CC1.Cl. The predicted octanol–water partition coefficient (Wildman–Crippen LogP) is 3.66. The summed E-state index contributed by atoms with van der Waals surface area (Å²) in [6.45, 7) is 6.28. The second-order valence-electron chi connectivity index (χ2n) is 6.94. The van der Waals surface area contributed by atoms with E-state index in [4.69, 9.17) is 10.5 Å². The molecule has 0 atom stereocenters. The lowest BCUT2D eigenvalue weighted by Crippen LogP contribution is -2.50. The summed E-state index contributed by atoms with van der Waals surface area (Å²) in [5, 5.41) is 0. The first-order valence-corrected chi connectivity index (χ1v) is 9.21. The van der Waals surface area contributed by atoms with E-state index in [1.165, 1.54) is 5.56 Å². The number of ether oxygens (including phenoxy) is 1. The lowest BCUT2D eigenvalue weighted by atomic mass is 9.80. The van der Waals surface area contributed by atoms with Crippen LogP contribution in [0.1, 0.15) is 45.1 Å². The van der Waals surface area contributed by atoms with Crippen LogP contribution in [0.15, 0.2) is 24.3 Å². The van der Waals surface area contributed by atoms with Gasteiger partial charge in [0.2, 0.25) is 5.91 Å². The van der Waals surface area contributed by atoms with Crippen molar-refractivity contribution in [3.63, 3.8) is 0 Å². The summed E-state index contributed by atoms with van der Waals surface area (Å²) in [5.74, 6) is 1.83. The summed E-state index contributed by atoms with van der Waals surface area (Å²) in [7, 11) is 1.72. The normalized spacial score (nSPS) is 15.6. The van der Waals surface area contributed by atoms with E-state index in [2.05, 4.69) is 26.0 Å². The number of nitrogens with two attached hydrogens (primary N) is 1. The molecular formula is C20H33ClN2O2. The molecule has 0 saturated carbocycles. The van der Waals surface area contributed by atoms with E-state index < -0.39 is 0 Å². The molecule has 1 aliphatic heterocycles. The van der Waals surface area contributed by atoms with Gasteiger partial charge in [0.05, 0.1) is 12.5 Å². The topological polar surface area (TPSA) is 55.6 Å². The molecule has 0 aliphatic carbocycles. The van der Waals surface area contributed by atoms with Gasteiger partial charge >= 0.3 is 0 Å². The fourth-order valence-corrected chi connectivity index (χ4v) is 3.79. The highest BCUT2D eigenvalue weighted by atomic mass is 35.5. The van der Waals surface area contributed by atoms with Gasteiger partial charge in [-0.25, -0.2) is 0 Å². The van der Waals surface area contributed by atoms with Crippen molar-refractivity contribution in [2.24, 2.45) is 17.1 Å². The highest BCUT2D eigenvalue weighted by Crippen LogP contribution is 2.31. The average Bonchev–Trinajstić information content (AvgIpc) is 2.64. The van der Waals surface area contributed by atoms with E-state index in [1.54, 1.807) is 7.11 Å². The zero-order valence-electron chi connectivity index (χ0n) is 15.8. The molecule has 1 aromatic carbocycles. The van der Waals surface area contributed by atoms with Crippen molar-refractivity contribution in [2.75, 3.05) is 26.7 Å². The van der Waals surface area contributed by atoms with E-state index in [1.807, 2.05) is 17.0 Å². The molecule has 0 spiro atoms. The number of amides is 1. The number of hydrogen-bond donors (Lipinski definition) is 1. The van der Waals surface area contributed by atoms with Crippen LogP contribution in [0, 0.1) is 11.3 Å². The van der Waals surface area contributed by atoms with Crippen molar-refractivity contribution in [3.8, 4) is 5.75 Å². The number of carbonyl (C=O) groups is 1. The molecule has 4 nitrogen and oxygen atoms in total. The van der Waals surface area contributed by atoms with E-state index in [-0.39, 0.29) is 23.7 Å². The maximum Gasteiger partial charge on any atom is 0.230 e. The molecule has 1 aromatic rings. The van der Waals surface area contributed by atoms with Crippen LogP contribution >= 0.6 is 12.4 Å². The summed E-state index contributed by atoms with van der Waals surface area (Å²) in [6, 6.07) is 8.23. The van der Waals surface area contributed by atoms with Crippen LogP contribution in [-0.2, 0) is 11.2 Å². The highest BCUT2D eigenvalue weighted by molar-refractivity contribution is 5.85. The maximum absolute atomic E-state index is 12.9. The van der Waals surface area contributed by atoms with E-state index in [0.717, 1.165) is 50.9 Å². The van der Waals surface area contributed by atoms with Crippen LogP contribution in [0.4, 0.5) is 0 Å². The number of methoxy groups -OCH3 is 1. The van der Waals surface area contributed by atoms with Crippen molar-refractivity contribution in [1.29, 1.82) is 0 Å². The zero-order chi connectivity index (χ0) is 17.6. The van der Waals surface area contributed by atoms with Gasteiger partial charge in [-0.15, -0.1) is 12.4 Å². The third-order valence-electron chi connectivity index (χ3n) is 5.80. The minimum atomic E-state index is -0.366. The second-order valence-corrected chi connectivity index (χ2v) is 6.94. The first-order valence-electron chi connectivity index (χ1n) is 9.21. The van der Waals surface area contributed by atoms with Crippen LogP contribution in [0.3, 0.4) is 0 Å². The van der Waals surface area contributed by atoms with Crippen LogP contribution in [0.2, 0.25) is 0 Å². The van der Waals surface area contributed by atoms with Gasteiger partial charge in [-0.05, 0) is 49.7 Å². The molecule has 2 rings (SSSR count).